The summed E-state index contributed by atoms with van der Waals surface area (Å²) < 4.78 is 12.9. The van der Waals surface area contributed by atoms with Crippen LogP contribution in [0.4, 0.5) is 4.39 Å². The van der Waals surface area contributed by atoms with E-state index in [9.17, 15) is 14.0 Å². The second-order valence-electron chi connectivity index (χ2n) is 6.95. The maximum Gasteiger partial charge on any atom is 0.253 e. The lowest BCUT2D eigenvalue weighted by Crippen LogP contribution is -2.35. The molecule has 0 saturated heterocycles. The van der Waals surface area contributed by atoms with Gasteiger partial charge in [-0.25, -0.2) is 4.39 Å². The van der Waals surface area contributed by atoms with Crippen LogP contribution in [0.3, 0.4) is 0 Å². The maximum absolute atomic E-state index is 12.9. The number of nitrogens with zero attached hydrogens (tertiary/aromatic N) is 1. The third kappa shape index (κ3) is 4.27. The average Bonchev–Trinajstić information content (AvgIpc) is 2.77. The molecule has 0 fully saturated rings. The molecule has 0 aliphatic heterocycles. The van der Waals surface area contributed by atoms with Crippen molar-refractivity contribution in [1.29, 1.82) is 0 Å². The van der Waals surface area contributed by atoms with Crippen LogP contribution in [0, 0.1) is 5.82 Å². The fraction of sp³-hybridized carbons (Fsp3) is 0.125. The van der Waals surface area contributed by atoms with Crippen molar-refractivity contribution in [2.45, 2.75) is 6.42 Å². The summed E-state index contributed by atoms with van der Waals surface area (Å²) in [6.07, 6.45) is 1.83. The standard InChI is InChI=1S/C24H20FN3O2/c25-18-9-7-16(8-10-18)14-22(29)26-12-13-28-24(30)21-15-17-4-1-2-5-19(17)20-6-3-11-27-23(20)21/h1-11,15H,12-14H2,(H,26,29)(H,28,30). The Labute approximate surface area is 172 Å². The molecular weight excluding hydrogens is 381 g/mol. The van der Waals surface area contributed by atoms with Gasteiger partial charge in [0, 0.05) is 24.7 Å². The zero-order valence-electron chi connectivity index (χ0n) is 16.2. The fourth-order valence-corrected chi connectivity index (χ4v) is 3.43. The Kier molecular flexibility index (Phi) is 5.66. The number of amides is 2. The van der Waals surface area contributed by atoms with Crippen LogP contribution in [0.15, 0.2) is 72.9 Å². The average molecular weight is 401 g/mol. The molecule has 0 aliphatic rings. The highest BCUT2D eigenvalue weighted by molar-refractivity contribution is 6.15. The third-order valence-corrected chi connectivity index (χ3v) is 4.87. The highest BCUT2D eigenvalue weighted by atomic mass is 19.1. The van der Waals surface area contributed by atoms with Gasteiger partial charge >= 0.3 is 0 Å². The van der Waals surface area contributed by atoms with Gasteiger partial charge in [-0.1, -0.05) is 42.5 Å². The Balaban J connectivity index is 1.39. The second-order valence-corrected chi connectivity index (χ2v) is 6.95. The zero-order chi connectivity index (χ0) is 20.9. The van der Waals surface area contributed by atoms with Gasteiger partial charge in [0.05, 0.1) is 17.5 Å². The molecule has 30 heavy (non-hydrogen) atoms. The van der Waals surface area contributed by atoms with Crippen LogP contribution < -0.4 is 10.6 Å². The minimum atomic E-state index is -0.336. The van der Waals surface area contributed by atoms with Crippen LogP contribution in [0.1, 0.15) is 15.9 Å². The number of rotatable bonds is 6. The zero-order valence-corrected chi connectivity index (χ0v) is 16.2. The number of pyridine rings is 1. The largest absolute Gasteiger partial charge is 0.354 e. The van der Waals surface area contributed by atoms with Gasteiger partial charge in [0.2, 0.25) is 5.91 Å². The number of benzene rings is 3. The summed E-state index contributed by atoms with van der Waals surface area (Å²) in [5, 5.41) is 8.53. The highest BCUT2D eigenvalue weighted by Gasteiger charge is 2.13. The molecular formula is C24H20FN3O2. The van der Waals surface area contributed by atoms with E-state index in [-0.39, 0.29) is 30.6 Å². The minimum Gasteiger partial charge on any atom is -0.354 e. The molecule has 4 aromatic rings. The van der Waals surface area contributed by atoms with Gasteiger partial charge in [-0.2, -0.15) is 0 Å². The molecule has 0 atom stereocenters. The Morgan fingerprint density at radius 2 is 1.60 bits per heavy atom. The first kappa shape index (κ1) is 19.5. The third-order valence-electron chi connectivity index (χ3n) is 4.87. The molecule has 0 unspecified atom stereocenters. The number of aromatic nitrogens is 1. The van der Waals surface area contributed by atoms with Crippen LogP contribution in [-0.2, 0) is 11.2 Å². The van der Waals surface area contributed by atoms with Crippen molar-refractivity contribution in [3.05, 3.63) is 89.9 Å². The molecule has 150 valence electrons. The SMILES string of the molecule is O=C(Cc1ccc(F)cc1)NCCNC(=O)c1cc2ccccc2c2cccnc12. The predicted octanol–water partition coefficient (Wildman–Crippen LogP) is 3.62. The summed E-state index contributed by atoms with van der Waals surface area (Å²) in [4.78, 5) is 29.2. The summed E-state index contributed by atoms with van der Waals surface area (Å²) in [7, 11) is 0. The molecule has 3 aromatic carbocycles. The molecule has 2 N–H and O–H groups in total. The molecule has 6 heteroatoms. The van der Waals surface area contributed by atoms with Crippen LogP contribution in [-0.4, -0.2) is 29.9 Å². The monoisotopic (exact) mass is 401 g/mol. The Bertz CT molecular complexity index is 1220. The topological polar surface area (TPSA) is 71.1 Å². The number of hydrogen-bond donors (Lipinski definition) is 2. The van der Waals surface area contributed by atoms with Crippen molar-refractivity contribution in [3.8, 4) is 0 Å². The normalized spacial score (nSPS) is 10.8. The highest BCUT2D eigenvalue weighted by Crippen LogP contribution is 2.27. The molecule has 0 radical (unpaired) electrons. The van der Waals surface area contributed by atoms with E-state index < -0.39 is 0 Å². The minimum absolute atomic E-state index is 0.160. The summed E-state index contributed by atoms with van der Waals surface area (Å²) in [5.41, 5.74) is 1.88. The van der Waals surface area contributed by atoms with Crippen LogP contribution in [0.25, 0.3) is 21.7 Å². The first-order valence-electron chi connectivity index (χ1n) is 9.67. The van der Waals surface area contributed by atoms with E-state index in [4.69, 9.17) is 0 Å². The number of fused-ring (bicyclic) bond motifs is 3. The van der Waals surface area contributed by atoms with Gasteiger partial charge in [-0.15, -0.1) is 0 Å². The summed E-state index contributed by atoms with van der Waals surface area (Å²) in [5.74, 6) is -0.761. The van der Waals surface area contributed by atoms with Crippen molar-refractivity contribution in [2.75, 3.05) is 13.1 Å². The number of carbonyl (C=O) groups is 2. The van der Waals surface area contributed by atoms with Crippen molar-refractivity contribution >= 4 is 33.5 Å². The number of nitrogens with one attached hydrogen (secondary N) is 2. The Morgan fingerprint density at radius 1 is 0.867 bits per heavy atom. The van der Waals surface area contributed by atoms with E-state index in [2.05, 4.69) is 15.6 Å². The van der Waals surface area contributed by atoms with Gasteiger partial charge in [-0.05, 0) is 40.6 Å². The molecule has 2 amide bonds. The molecule has 0 aliphatic carbocycles. The van der Waals surface area contributed by atoms with E-state index in [0.717, 1.165) is 21.7 Å². The fourth-order valence-electron chi connectivity index (χ4n) is 3.43. The summed E-state index contributed by atoms with van der Waals surface area (Å²) >= 11 is 0. The van der Waals surface area contributed by atoms with E-state index in [0.29, 0.717) is 17.6 Å². The first-order chi connectivity index (χ1) is 14.6. The lowest BCUT2D eigenvalue weighted by Gasteiger charge is -2.11. The van der Waals surface area contributed by atoms with E-state index in [1.807, 2.05) is 42.5 Å². The van der Waals surface area contributed by atoms with Gasteiger partial charge in [0.25, 0.3) is 5.91 Å². The maximum atomic E-state index is 12.9. The molecule has 1 heterocycles. The van der Waals surface area contributed by atoms with Crippen molar-refractivity contribution in [3.63, 3.8) is 0 Å². The number of hydrogen-bond acceptors (Lipinski definition) is 3. The van der Waals surface area contributed by atoms with E-state index >= 15 is 0 Å². The first-order valence-corrected chi connectivity index (χ1v) is 9.67. The van der Waals surface area contributed by atoms with Crippen LogP contribution in [0.2, 0.25) is 0 Å². The molecule has 5 nitrogen and oxygen atoms in total. The quantitative estimate of drug-likeness (QED) is 0.383. The molecule has 0 saturated carbocycles. The molecule has 0 spiro atoms. The van der Waals surface area contributed by atoms with Crippen LogP contribution in [0.5, 0.6) is 0 Å². The predicted molar refractivity (Wildman–Crippen MR) is 115 cm³/mol. The van der Waals surface area contributed by atoms with Crippen molar-refractivity contribution in [1.82, 2.24) is 15.6 Å². The Hall–Kier alpha value is -3.80. The number of halogens is 1. The van der Waals surface area contributed by atoms with Gasteiger partial charge in [0.15, 0.2) is 0 Å². The van der Waals surface area contributed by atoms with Gasteiger partial charge in [-0.3, -0.25) is 14.6 Å². The lowest BCUT2D eigenvalue weighted by molar-refractivity contribution is -0.120. The van der Waals surface area contributed by atoms with Crippen LogP contribution >= 0.6 is 0 Å². The number of carbonyl (C=O) groups excluding carboxylic acids is 2. The van der Waals surface area contributed by atoms with Crippen molar-refractivity contribution in [2.24, 2.45) is 0 Å². The van der Waals surface area contributed by atoms with E-state index in [1.165, 1.54) is 12.1 Å². The summed E-state index contributed by atoms with van der Waals surface area (Å²) in [6, 6.07) is 19.3. The summed E-state index contributed by atoms with van der Waals surface area (Å²) in [6.45, 7) is 0.583. The molecule has 1 aromatic heterocycles. The van der Waals surface area contributed by atoms with Gasteiger partial charge < -0.3 is 10.6 Å². The smallest absolute Gasteiger partial charge is 0.253 e. The van der Waals surface area contributed by atoms with Gasteiger partial charge in [0.1, 0.15) is 5.82 Å². The second kappa shape index (κ2) is 8.69. The lowest BCUT2D eigenvalue weighted by atomic mass is 10.0. The molecule has 0 bridgehead atoms. The Morgan fingerprint density at radius 3 is 2.43 bits per heavy atom. The molecule has 4 rings (SSSR count). The van der Waals surface area contributed by atoms with Crippen molar-refractivity contribution < 1.29 is 14.0 Å². The van der Waals surface area contributed by atoms with E-state index in [1.54, 1.807) is 18.3 Å².